The molecule has 0 saturated heterocycles. The minimum absolute atomic E-state index is 0.197. The Morgan fingerprint density at radius 2 is 2.00 bits per heavy atom. The molecule has 6 nitrogen and oxygen atoms in total. The summed E-state index contributed by atoms with van der Waals surface area (Å²) in [5.74, 6) is 1.98. The van der Waals surface area contributed by atoms with Crippen molar-refractivity contribution in [2.75, 3.05) is 11.9 Å². The lowest BCUT2D eigenvalue weighted by atomic mass is 9.94. The van der Waals surface area contributed by atoms with Crippen molar-refractivity contribution < 1.29 is 5.11 Å². The number of nitrogens with one attached hydrogen (secondary N) is 1. The first-order valence-electron chi connectivity index (χ1n) is 9.45. The lowest BCUT2D eigenvalue weighted by molar-refractivity contribution is 0.185. The average molecular weight is 362 g/mol. The van der Waals surface area contributed by atoms with Crippen LogP contribution in [0.5, 0.6) is 0 Å². The predicted octanol–water partition coefficient (Wildman–Crippen LogP) is 2.98. The maximum Gasteiger partial charge on any atom is 0.165 e. The SMILES string of the molecule is OC[C@H]1[C@@H]2C[C@H](n3cnc4c(NC5CCCC5)ncnc43)[C@H]1C[C@@H]2Cl. The van der Waals surface area contributed by atoms with Crippen LogP contribution in [0.2, 0.25) is 0 Å². The molecule has 3 aliphatic carbocycles. The van der Waals surface area contributed by atoms with Gasteiger partial charge in [-0.25, -0.2) is 15.0 Å². The number of hydrogen-bond acceptors (Lipinski definition) is 5. The van der Waals surface area contributed by atoms with Gasteiger partial charge in [0.05, 0.1) is 6.33 Å². The molecule has 3 saturated carbocycles. The summed E-state index contributed by atoms with van der Waals surface area (Å²) in [5.41, 5.74) is 1.76. The number of aliphatic hydroxyl groups is 1. The summed E-state index contributed by atoms with van der Waals surface area (Å²) in [6.45, 7) is 0.227. The van der Waals surface area contributed by atoms with E-state index in [0.717, 1.165) is 29.8 Å². The van der Waals surface area contributed by atoms with Gasteiger partial charge in [-0.1, -0.05) is 12.8 Å². The first kappa shape index (κ1) is 15.8. The van der Waals surface area contributed by atoms with Gasteiger partial charge in [-0.2, -0.15) is 0 Å². The van der Waals surface area contributed by atoms with Crippen molar-refractivity contribution in [1.82, 2.24) is 19.5 Å². The maximum absolute atomic E-state index is 9.78. The summed E-state index contributed by atoms with van der Waals surface area (Å²) >= 11 is 6.48. The fraction of sp³-hybridized carbons (Fsp3) is 0.722. The number of anilines is 1. The van der Waals surface area contributed by atoms with Crippen LogP contribution in [0.1, 0.15) is 44.6 Å². The molecule has 2 aromatic rings. The molecule has 25 heavy (non-hydrogen) atoms. The molecule has 5 rings (SSSR count). The highest BCUT2D eigenvalue weighted by Crippen LogP contribution is 2.56. The lowest BCUT2D eigenvalue weighted by Crippen LogP contribution is -2.21. The summed E-state index contributed by atoms with van der Waals surface area (Å²) in [5, 5.41) is 13.5. The molecule has 3 aliphatic rings. The van der Waals surface area contributed by atoms with Crippen molar-refractivity contribution in [3.8, 4) is 0 Å². The summed E-state index contributed by atoms with van der Waals surface area (Å²) in [6, 6.07) is 0.831. The zero-order chi connectivity index (χ0) is 17.0. The van der Waals surface area contributed by atoms with Gasteiger partial charge in [0.15, 0.2) is 11.5 Å². The standard InChI is InChI=1S/C18H24ClN5O/c19-14-5-12-13(7-25)11(14)6-15(12)24-9-22-16-17(20-8-21-18(16)24)23-10-3-1-2-4-10/h8-15,25H,1-7H2,(H,20,21,23)/t11-,12-,13-,14-,15-/m0/s1. The van der Waals surface area contributed by atoms with Crippen LogP contribution < -0.4 is 5.32 Å². The monoisotopic (exact) mass is 361 g/mol. The summed E-state index contributed by atoms with van der Waals surface area (Å²) in [4.78, 5) is 13.6. The molecule has 0 spiro atoms. The smallest absolute Gasteiger partial charge is 0.165 e. The van der Waals surface area contributed by atoms with Crippen LogP contribution in [0.15, 0.2) is 12.7 Å². The Morgan fingerprint density at radius 1 is 1.16 bits per heavy atom. The third kappa shape index (κ3) is 2.45. The van der Waals surface area contributed by atoms with Crippen LogP contribution in [0, 0.1) is 17.8 Å². The summed E-state index contributed by atoms with van der Waals surface area (Å²) in [7, 11) is 0. The quantitative estimate of drug-likeness (QED) is 0.819. The van der Waals surface area contributed by atoms with Crippen LogP contribution in [0.4, 0.5) is 5.82 Å². The Kier molecular flexibility index (Phi) is 3.86. The number of fused-ring (bicyclic) bond motifs is 3. The Labute approximate surface area is 152 Å². The number of aromatic nitrogens is 4. The molecule has 0 unspecified atom stereocenters. The van der Waals surface area contributed by atoms with Crippen molar-refractivity contribution >= 4 is 28.6 Å². The molecule has 134 valence electrons. The number of rotatable bonds is 4. The van der Waals surface area contributed by atoms with E-state index in [-0.39, 0.29) is 12.0 Å². The second-order valence-electron chi connectivity index (χ2n) is 7.90. The highest BCUT2D eigenvalue weighted by atomic mass is 35.5. The third-order valence-electron chi connectivity index (χ3n) is 6.69. The first-order chi connectivity index (χ1) is 12.3. The molecule has 2 aromatic heterocycles. The Balaban J connectivity index is 1.47. The van der Waals surface area contributed by atoms with Gasteiger partial charge in [-0.15, -0.1) is 11.6 Å². The topological polar surface area (TPSA) is 75.9 Å². The van der Waals surface area contributed by atoms with E-state index in [4.69, 9.17) is 11.6 Å². The molecule has 0 amide bonds. The van der Waals surface area contributed by atoms with Gasteiger partial charge in [0.1, 0.15) is 11.8 Å². The average Bonchev–Trinajstić information content (AvgIpc) is 3.36. The van der Waals surface area contributed by atoms with Crippen LogP contribution in [-0.2, 0) is 0 Å². The van der Waals surface area contributed by atoms with Gasteiger partial charge < -0.3 is 15.0 Å². The molecule has 2 heterocycles. The molecule has 3 fully saturated rings. The van der Waals surface area contributed by atoms with Gasteiger partial charge in [-0.3, -0.25) is 0 Å². The van der Waals surface area contributed by atoms with E-state index in [1.165, 1.54) is 25.7 Å². The van der Waals surface area contributed by atoms with E-state index < -0.39 is 0 Å². The van der Waals surface area contributed by atoms with Gasteiger partial charge >= 0.3 is 0 Å². The number of hydrogen-bond donors (Lipinski definition) is 2. The molecule has 0 aromatic carbocycles. The summed E-state index contributed by atoms with van der Waals surface area (Å²) in [6.07, 6.45) is 10.5. The molecular weight excluding hydrogens is 338 g/mol. The van der Waals surface area contributed by atoms with E-state index in [2.05, 4.69) is 24.8 Å². The maximum atomic E-state index is 9.78. The highest BCUT2D eigenvalue weighted by molar-refractivity contribution is 6.21. The number of aliphatic hydroxyl groups excluding tert-OH is 1. The van der Waals surface area contributed by atoms with E-state index >= 15 is 0 Å². The molecular formula is C18H24ClN5O. The second-order valence-corrected chi connectivity index (χ2v) is 8.46. The lowest BCUT2D eigenvalue weighted by Gasteiger charge is -2.26. The number of imidazole rings is 1. The first-order valence-corrected chi connectivity index (χ1v) is 9.89. The minimum Gasteiger partial charge on any atom is -0.396 e. The van der Waals surface area contributed by atoms with E-state index in [1.807, 2.05) is 6.33 Å². The fourth-order valence-corrected chi connectivity index (χ4v) is 5.96. The fourth-order valence-electron chi connectivity index (χ4n) is 5.47. The van der Waals surface area contributed by atoms with Crippen LogP contribution in [0.3, 0.4) is 0 Å². The Hall–Kier alpha value is -1.40. The highest BCUT2D eigenvalue weighted by Gasteiger charge is 2.53. The van der Waals surface area contributed by atoms with E-state index in [9.17, 15) is 5.11 Å². The van der Waals surface area contributed by atoms with E-state index in [0.29, 0.717) is 29.8 Å². The van der Waals surface area contributed by atoms with Crippen molar-refractivity contribution in [2.45, 2.75) is 56.0 Å². The summed E-state index contributed by atoms with van der Waals surface area (Å²) < 4.78 is 2.20. The normalized spacial score (nSPS) is 35.0. The zero-order valence-electron chi connectivity index (χ0n) is 14.2. The molecule has 2 N–H and O–H groups in total. The molecule has 7 heteroatoms. The van der Waals surface area contributed by atoms with Crippen molar-refractivity contribution in [1.29, 1.82) is 0 Å². The van der Waals surface area contributed by atoms with Crippen LogP contribution >= 0.6 is 11.6 Å². The number of alkyl halides is 1. The van der Waals surface area contributed by atoms with Gasteiger partial charge in [0.2, 0.25) is 0 Å². The molecule has 0 aliphatic heterocycles. The molecule has 5 atom stereocenters. The van der Waals surface area contributed by atoms with Crippen molar-refractivity contribution in [3.05, 3.63) is 12.7 Å². The molecule has 2 bridgehead atoms. The Morgan fingerprint density at radius 3 is 2.76 bits per heavy atom. The van der Waals surface area contributed by atoms with Gasteiger partial charge in [0.25, 0.3) is 0 Å². The number of halogens is 1. The minimum atomic E-state index is 0.197. The largest absolute Gasteiger partial charge is 0.396 e. The van der Waals surface area contributed by atoms with Crippen molar-refractivity contribution in [3.63, 3.8) is 0 Å². The van der Waals surface area contributed by atoms with Gasteiger partial charge in [-0.05, 0) is 43.4 Å². The zero-order valence-corrected chi connectivity index (χ0v) is 14.9. The van der Waals surface area contributed by atoms with E-state index in [1.54, 1.807) is 6.33 Å². The third-order valence-corrected chi connectivity index (χ3v) is 7.19. The van der Waals surface area contributed by atoms with Crippen molar-refractivity contribution in [2.24, 2.45) is 17.8 Å². The second kappa shape index (κ2) is 6.09. The Bertz CT molecular complexity index is 774. The van der Waals surface area contributed by atoms with Gasteiger partial charge in [0, 0.05) is 24.1 Å². The van der Waals surface area contributed by atoms with Crippen LogP contribution in [-0.4, -0.2) is 42.7 Å². The predicted molar refractivity (Wildman–Crippen MR) is 96.7 cm³/mol. The molecule has 0 radical (unpaired) electrons. The number of nitrogens with zero attached hydrogens (tertiary/aromatic N) is 4. The van der Waals surface area contributed by atoms with Crippen LogP contribution in [0.25, 0.3) is 11.2 Å².